The Morgan fingerprint density at radius 3 is 2.57 bits per heavy atom. The van der Waals surface area contributed by atoms with Gasteiger partial charge in [0.1, 0.15) is 13.2 Å². The maximum atomic E-state index is 12.5. The van der Waals surface area contributed by atoms with Gasteiger partial charge >= 0.3 is 12.3 Å². The number of para-hydroxylation sites is 1. The number of ether oxygens (including phenoxy) is 2. The number of amides is 1. The summed E-state index contributed by atoms with van der Waals surface area (Å²) in [6.07, 6.45) is -4.15. The van der Waals surface area contributed by atoms with Crippen molar-refractivity contribution in [3.8, 4) is 5.88 Å². The summed E-state index contributed by atoms with van der Waals surface area (Å²) in [5, 5.41) is 2.49. The summed E-state index contributed by atoms with van der Waals surface area (Å²) in [6, 6.07) is 10.3. The number of alkyl halides is 3. The lowest BCUT2D eigenvalue weighted by atomic mass is 10.2. The zero-order valence-electron chi connectivity index (χ0n) is 11.8. The molecular weight excluding hydrogens is 313 g/mol. The minimum absolute atomic E-state index is 0.115. The van der Waals surface area contributed by atoms with Crippen LogP contribution in [0.3, 0.4) is 0 Å². The molecule has 1 amide bonds. The van der Waals surface area contributed by atoms with Gasteiger partial charge in [-0.3, -0.25) is 5.32 Å². The summed E-state index contributed by atoms with van der Waals surface area (Å²) >= 11 is 0. The van der Waals surface area contributed by atoms with Gasteiger partial charge in [0.2, 0.25) is 5.88 Å². The molecule has 1 N–H and O–H groups in total. The molecule has 0 fully saturated rings. The number of nitrogens with zero attached hydrogens (tertiary/aromatic N) is 1. The van der Waals surface area contributed by atoms with Crippen molar-refractivity contribution < 1.29 is 27.4 Å². The van der Waals surface area contributed by atoms with Gasteiger partial charge in [-0.1, -0.05) is 18.2 Å². The Morgan fingerprint density at radius 2 is 1.87 bits per heavy atom. The molecule has 0 atom stereocenters. The molecule has 2 aromatic rings. The number of halogens is 3. The van der Waals surface area contributed by atoms with Crippen molar-refractivity contribution in [3.63, 3.8) is 0 Å². The molecule has 2 rings (SSSR count). The van der Waals surface area contributed by atoms with Crippen LogP contribution in [0.4, 0.5) is 23.7 Å². The SMILES string of the molecule is O=C(Nc1ccccc1)OCCOc1cc(C(F)(F)F)ccn1. The summed E-state index contributed by atoms with van der Waals surface area (Å²) in [4.78, 5) is 15.1. The molecule has 0 saturated heterocycles. The Balaban J connectivity index is 1.74. The van der Waals surface area contributed by atoms with Gasteiger partial charge in [-0.15, -0.1) is 0 Å². The fourth-order valence-electron chi connectivity index (χ4n) is 1.62. The maximum Gasteiger partial charge on any atom is 0.416 e. The number of rotatable bonds is 5. The second kappa shape index (κ2) is 7.48. The summed E-state index contributed by atoms with van der Waals surface area (Å²) in [6.45, 7) is -0.243. The smallest absolute Gasteiger partial charge is 0.416 e. The second-order valence-electron chi connectivity index (χ2n) is 4.36. The van der Waals surface area contributed by atoms with Crippen LogP contribution in [0.15, 0.2) is 48.7 Å². The Kier molecular flexibility index (Phi) is 5.40. The Morgan fingerprint density at radius 1 is 1.13 bits per heavy atom. The summed E-state index contributed by atoms with van der Waals surface area (Å²) in [5.41, 5.74) is -0.289. The first-order valence-electron chi connectivity index (χ1n) is 6.60. The highest BCUT2D eigenvalue weighted by Gasteiger charge is 2.30. The summed E-state index contributed by atoms with van der Waals surface area (Å²) < 4.78 is 47.4. The van der Waals surface area contributed by atoms with E-state index in [0.29, 0.717) is 5.69 Å². The topological polar surface area (TPSA) is 60.5 Å². The highest BCUT2D eigenvalue weighted by Crippen LogP contribution is 2.30. The van der Waals surface area contributed by atoms with E-state index in [1.54, 1.807) is 30.3 Å². The van der Waals surface area contributed by atoms with Gasteiger partial charge in [-0.2, -0.15) is 13.2 Å². The van der Waals surface area contributed by atoms with Gasteiger partial charge in [0.05, 0.1) is 5.56 Å². The molecule has 1 aromatic carbocycles. The van der Waals surface area contributed by atoms with Crippen molar-refractivity contribution in [2.45, 2.75) is 6.18 Å². The van der Waals surface area contributed by atoms with E-state index in [4.69, 9.17) is 9.47 Å². The molecule has 23 heavy (non-hydrogen) atoms. The van der Waals surface area contributed by atoms with Crippen molar-refractivity contribution in [1.82, 2.24) is 4.98 Å². The first-order valence-corrected chi connectivity index (χ1v) is 6.60. The van der Waals surface area contributed by atoms with Crippen LogP contribution in [0.2, 0.25) is 0 Å². The van der Waals surface area contributed by atoms with E-state index in [2.05, 4.69) is 10.3 Å². The molecule has 0 aliphatic rings. The molecule has 122 valence electrons. The molecule has 0 saturated carbocycles. The van der Waals surface area contributed by atoms with E-state index in [-0.39, 0.29) is 19.1 Å². The first-order chi connectivity index (χ1) is 10.9. The lowest BCUT2D eigenvalue weighted by Crippen LogP contribution is -2.17. The Hall–Kier alpha value is -2.77. The average Bonchev–Trinajstić information content (AvgIpc) is 2.52. The number of hydrogen-bond donors (Lipinski definition) is 1. The lowest BCUT2D eigenvalue weighted by molar-refractivity contribution is -0.137. The predicted octanol–water partition coefficient (Wildman–Crippen LogP) is 3.73. The van der Waals surface area contributed by atoms with Crippen molar-refractivity contribution >= 4 is 11.8 Å². The summed E-state index contributed by atoms with van der Waals surface area (Å²) in [5.74, 6) is -0.188. The van der Waals surface area contributed by atoms with Crippen molar-refractivity contribution in [2.75, 3.05) is 18.5 Å². The van der Waals surface area contributed by atoms with Crippen LogP contribution < -0.4 is 10.1 Å². The fraction of sp³-hybridized carbons (Fsp3) is 0.200. The molecule has 0 spiro atoms. The van der Waals surface area contributed by atoms with Crippen molar-refractivity contribution in [2.24, 2.45) is 0 Å². The van der Waals surface area contributed by atoms with E-state index in [1.807, 2.05) is 0 Å². The number of nitrogens with one attached hydrogen (secondary N) is 1. The molecule has 8 heteroatoms. The van der Waals surface area contributed by atoms with Gasteiger partial charge in [0.25, 0.3) is 0 Å². The zero-order chi connectivity index (χ0) is 16.7. The van der Waals surface area contributed by atoms with Gasteiger partial charge in [-0.25, -0.2) is 9.78 Å². The lowest BCUT2D eigenvalue weighted by Gasteiger charge is -2.10. The second-order valence-corrected chi connectivity index (χ2v) is 4.36. The number of carbonyl (C=O) groups is 1. The number of carbonyl (C=O) groups excluding carboxylic acids is 1. The molecule has 0 aliphatic carbocycles. The highest BCUT2D eigenvalue weighted by atomic mass is 19.4. The fourth-order valence-corrected chi connectivity index (χ4v) is 1.62. The van der Waals surface area contributed by atoms with Crippen LogP contribution in [0.1, 0.15) is 5.56 Å². The third-order valence-electron chi connectivity index (χ3n) is 2.65. The van der Waals surface area contributed by atoms with E-state index in [0.717, 1.165) is 18.3 Å². The van der Waals surface area contributed by atoms with Crippen LogP contribution in [0, 0.1) is 0 Å². The third kappa shape index (κ3) is 5.50. The largest absolute Gasteiger partial charge is 0.474 e. The van der Waals surface area contributed by atoms with Crippen molar-refractivity contribution in [3.05, 3.63) is 54.2 Å². The van der Waals surface area contributed by atoms with Gasteiger partial charge in [0.15, 0.2) is 0 Å². The molecule has 1 heterocycles. The maximum absolute atomic E-state index is 12.5. The molecule has 0 bridgehead atoms. The molecule has 1 aromatic heterocycles. The molecular formula is C15H13F3N2O3. The third-order valence-corrected chi connectivity index (χ3v) is 2.65. The van der Waals surface area contributed by atoms with E-state index < -0.39 is 17.8 Å². The quantitative estimate of drug-likeness (QED) is 0.851. The van der Waals surface area contributed by atoms with Gasteiger partial charge in [-0.05, 0) is 18.2 Å². The average molecular weight is 326 g/mol. The minimum Gasteiger partial charge on any atom is -0.474 e. The van der Waals surface area contributed by atoms with E-state index in [9.17, 15) is 18.0 Å². The van der Waals surface area contributed by atoms with Gasteiger partial charge in [0, 0.05) is 18.0 Å². The standard InChI is InChI=1S/C15H13F3N2O3/c16-15(17,18)11-6-7-19-13(10-11)22-8-9-23-14(21)20-12-4-2-1-3-5-12/h1-7,10H,8-9H2,(H,20,21). The number of anilines is 1. The number of pyridine rings is 1. The van der Waals surface area contributed by atoms with Crippen LogP contribution in [0.25, 0.3) is 0 Å². The summed E-state index contributed by atoms with van der Waals surface area (Å²) in [7, 11) is 0. The van der Waals surface area contributed by atoms with Crippen LogP contribution in [-0.2, 0) is 10.9 Å². The number of hydrogen-bond acceptors (Lipinski definition) is 4. The Bertz CT molecular complexity index is 648. The minimum atomic E-state index is -4.47. The normalized spacial score (nSPS) is 10.9. The van der Waals surface area contributed by atoms with Crippen molar-refractivity contribution in [1.29, 1.82) is 0 Å². The Labute approximate surface area is 130 Å². The van der Waals surface area contributed by atoms with Gasteiger partial charge < -0.3 is 9.47 Å². The van der Waals surface area contributed by atoms with Crippen LogP contribution >= 0.6 is 0 Å². The molecule has 0 unspecified atom stereocenters. The monoisotopic (exact) mass is 326 g/mol. The predicted molar refractivity (Wildman–Crippen MR) is 76.1 cm³/mol. The van der Waals surface area contributed by atoms with Crippen LogP contribution in [0.5, 0.6) is 5.88 Å². The number of benzene rings is 1. The molecule has 5 nitrogen and oxygen atoms in total. The van der Waals surface area contributed by atoms with E-state index >= 15 is 0 Å². The van der Waals surface area contributed by atoms with Crippen LogP contribution in [-0.4, -0.2) is 24.3 Å². The first kappa shape index (κ1) is 16.6. The zero-order valence-corrected chi connectivity index (χ0v) is 11.8. The molecule has 0 aliphatic heterocycles. The molecule has 0 radical (unpaired) electrons. The van der Waals surface area contributed by atoms with E-state index in [1.165, 1.54) is 0 Å². The number of aromatic nitrogens is 1. The highest BCUT2D eigenvalue weighted by molar-refractivity contribution is 5.84.